The number of rotatable bonds is 0. The van der Waals surface area contributed by atoms with Gasteiger partial charge in [-0.05, 0) is 29.9 Å². The van der Waals surface area contributed by atoms with Gasteiger partial charge in [0.25, 0.3) is 0 Å². The van der Waals surface area contributed by atoms with Crippen LogP contribution in [0.15, 0.2) is 23.8 Å². The SMILES string of the molecule is C=C1C(C)=CC(O)CC1(C)C. The second kappa shape index (κ2) is 2.49. The molecule has 1 N–H and O–H groups in total. The lowest BCUT2D eigenvalue weighted by Crippen LogP contribution is -2.26. The molecule has 0 bridgehead atoms. The van der Waals surface area contributed by atoms with Crippen molar-refractivity contribution < 1.29 is 5.11 Å². The van der Waals surface area contributed by atoms with Gasteiger partial charge < -0.3 is 5.11 Å². The van der Waals surface area contributed by atoms with Crippen molar-refractivity contribution in [2.45, 2.75) is 33.3 Å². The lowest BCUT2D eigenvalue weighted by molar-refractivity contribution is 0.161. The predicted octanol–water partition coefficient (Wildman–Crippen LogP) is 2.28. The molecule has 1 atom stereocenters. The van der Waals surface area contributed by atoms with Crippen LogP contribution in [-0.2, 0) is 0 Å². The van der Waals surface area contributed by atoms with Gasteiger partial charge in [-0.1, -0.05) is 26.5 Å². The van der Waals surface area contributed by atoms with Gasteiger partial charge in [0.15, 0.2) is 0 Å². The van der Waals surface area contributed by atoms with Crippen molar-refractivity contribution in [1.82, 2.24) is 0 Å². The van der Waals surface area contributed by atoms with E-state index in [4.69, 9.17) is 0 Å². The Labute approximate surface area is 68.4 Å². The minimum Gasteiger partial charge on any atom is -0.389 e. The molecule has 0 saturated heterocycles. The maximum atomic E-state index is 9.42. The molecule has 0 saturated carbocycles. The number of hydrogen-bond acceptors (Lipinski definition) is 1. The Hall–Kier alpha value is -0.560. The zero-order valence-corrected chi connectivity index (χ0v) is 7.52. The normalized spacial score (nSPS) is 30.0. The van der Waals surface area contributed by atoms with Crippen molar-refractivity contribution >= 4 is 0 Å². The number of aliphatic hydroxyl groups excluding tert-OH is 1. The molecule has 0 amide bonds. The average molecular weight is 152 g/mol. The zero-order chi connectivity index (χ0) is 8.65. The minimum atomic E-state index is -0.282. The van der Waals surface area contributed by atoms with E-state index in [1.165, 1.54) is 0 Å². The van der Waals surface area contributed by atoms with E-state index in [0.717, 1.165) is 17.6 Å². The molecule has 0 spiro atoms. The molecule has 0 aliphatic heterocycles. The molecule has 0 aromatic carbocycles. The summed E-state index contributed by atoms with van der Waals surface area (Å²) in [6, 6.07) is 0. The fraction of sp³-hybridized carbons (Fsp3) is 0.600. The third-order valence-electron chi connectivity index (χ3n) is 2.45. The summed E-state index contributed by atoms with van der Waals surface area (Å²) in [7, 11) is 0. The van der Waals surface area contributed by atoms with E-state index in [2.05, 4.69) is 20.4 Å². The molecule has 0 aromatic rings. The van der Waals surface area contributed by atoms with E-state index in [1.807, 2.05) is 13.0 Å². The largest absolute Gasteiger partial charge is 0.389 e. The first-order valence-corrected chi connectivity index (χ1v) is 4.00. The van der Waals surface area contributed by atoms with Gasteiger partial charge in [-0.15, -0.1) is 0 Å². The first-order valence-electron chi connectivity index (χ1n) is 4.00. The highest BCUT2D eigenvalue weighted by Crippen LogP contribution is 2.38. The highest BCUT2D eigenvalue weighted by Gasteiger charge is 2.29. The zero-order valence-electron chi connectivity index (χ0n) is 7.52. The van der Waals surface area contributed by atoms with Crippen molar-refractivity contribution in [3.63, 3.8) is 0 Å². The monoisotopic (exact) mass is 152 g/mol. The third kappa shape index (κ3) is 1.54. The van der Waals surface area contributed by atoms with Crippen LogP contribution in [0.3, 0.4) is 0 Å². The van der Waals surface area contributed by atoms with E-state index >= 15 is 0 Å². The molecular weight excluding hydrogens is 136 g/mol. The van der Waals surface area contributed by atoms with Crippen LogP contribution in [0.4, 0.5) is 0 Å². The van der Waals surface area contributed by atoms with Gasteiger partial charge in [0.05, 0.1) is 6.10 Å². The quantitative estimate of drug-likeness (QED) is 0.564. The molecular formula is C10H16O. The number of allylic oxidation sites excluding steroid dienone is 2. The fourth-order valence-corrected chi connectivity index (χ4v) is 1.63. The van der Waals surface area contributed by atoms with E-state index in [1.54, 1.807) is 0 Å². The van der Waals surface area contributed by atoms with Crippen LogP contribution in [0.1, 0.15) is 27.2 Å². The Kier molecular flexibility index (Phi) is 1.93. The molecule has 62 valence electrons. The summed E-state index contributed by atoms with van der Waals surface area (Å²) < 4.78 is 0. The molecule has 0 aromatic heterocycles. The Morgan fingerprint density at radius 2 is 2.18 bits per heavy atom. The topological polar surface area (TPSA) is 20.2 Å². The molecule has 1 unspecified atom stereocenters. The average Bonchev–Trinajstić information content (AvgIpc) is 1.81. The van der Waals surface area contributed by atoms with Crippen LogP contribution < -0.4 is 0 Å². The summed E-state index contributed by atoms with van der Waals surface area (Å²) in [4.78, 5) is 0. The first kappa shape index (κ1) is 8.54. The smallest absolute Gasteiger partial charge is 0.0734 e. The van der Waals surface area contributed by atoms with Gasteiger partial charge >= 0.3 is 0 Å². The predicted molar refractivity (Wildman–Crippen MR) is 47.3 cm³/mol. The van der Waals surface area contributed by atoms with Crippen LogP contribution in [0.2, 0.25) is 0 Å². The van der Waals surface area contributed by atoms with Crippen molar-refractivity contribution in [1.29, 1.82) is 0 Å². The molecule has 1 heteroatoms. The lowest BCUT2D eigenvalue weighted by Gasteiger charge is -2.33. The molecule has 1 aliphatic carbocycles. The van der Waals surface area contributed by atoms with E-state index < -0.39 is 0 Å². The van der Waals surface area contributed by atoms with Crippen molar-refractivity contribution in [3.8, 4) is 0 Å². The van der Waals surface area contributed by atoms with Gasteiger partial charge in [0.2, 0.25) is 0 Å². The van der Waals surface area contributed by atoms with Gasteiger partial charge in [0.1, 0.15) is 0 Å². The van der Waals surface area contributed by atoms with Gasteiger partial charge in [0, 0.05) is 0 Å². The Morgan fingerprint density at radius 3 is 2.64 bits per heavy atom. The highest BCUT2D eigenvalue weighted by atomic mass is 16.3. The van der Waals surface area contributed by atoms with Gasteiger partial charge in [-0.25, -0.2) is 0 Å². The van der Waals surface area contributed by atoms with Crippen molar-refractivity contribution in [3.05, 3.63) is 23.8 Å². The van der Waals surface area contributed by atoms with Crippen LogP contribution in [-0.4, -0.2) is 11.2 Å². The summed E-state index contributed by atoms with van der Waals surface area (Å²) in [5.41, 5.74) is 2.36. The van der Waals surface area contributed by atoms with E-state index in [0.29, 0.717) is 0 Å². The summed E-state index contributed by atoms with van der Waals surface area (Å²) in [5, 5.41) is 9.42. The Balaban J connectivity index is 2.96. The fourth-order valence-electron chi connectivity index (χ4n) is 1.63. The molecule has 1 aliphatic rings. The maximum Gasteiger partial charge on any atom is 0.0734 e. The van der Waals surface area contributed by atoms with Crippen molar-refractivity contribution in [2.75, 3.05) is 0 Å². The van der Waals surface area contributed by atoms with E-state index in [9.17, 15) is 5.11 Å². The maximum absolute atomic E-state index is 9.42. The first-order chi connectivity index (χ1) is 4.93. The summed E-state index contributed by atoms with van der Waals surface area (Å²) in [6.07, 6.45) is 2.40. The standard InChI is InChI=1S/C10H16O/c1-7-5-9(11)6-10(3,4)8(7)2/h5,9,11H,2,6H2,1,3-4H3. The van der Waals surface area contributed by atoms with Crippen LogP contribution >= 0.6 is 0 Å². The molecule has 1 nitrogen and oxygen atoms in total. The summed E-state index contributed by atoms with van der Waals surface area (Å²) in [6.45, 7) is 10.2. The van der Waals surface area contributed by atoms with Gasteiger partial charge in [-0.2, -0.15) is 0 Å². The minimum absolute atomic E-state index is 0.0677. The second-order valence-electron chi connectivity index (χ2n) is 3.98. The van der Waals surface area contributed by atoms with Crippen LogP contribution in [0.25, 0.3) is 0 Å². The van der Waals surface area contributed by atoms with Crippen LogP contribution in [0.5, 0.6) is 0 Å². The molecule has 0 radical (unpaired) electrons. The second-order valence-corrected chi connectivity index (χ2v) is 3.98. The molecule has 11 heavy (non-hydrogen) atoms. The van der Waals surface area contributed by atoms with E-state index in [-0.39, 0.29) is 11.5 Å². The molecule has 0 fully saturated rings. The van der Waals surface area contributed by atoms with Crippen molar-refractivity contribution in [2.24, 2.45) is 5.41 Å². The number of aliphatic hydroxyl groups is 1. The van der Waals surface area contributed by atoms with Crippen LogP contribution in [0, 0.1) is 5.41 Å². The Morgan fingerprint density at radius 1 is 1.64 bits per heavy atom. The summed E-state index contributed by atoms with van der Waals surface area (Å²) in [5.74, 6) is 0. The third-order valence-corrected chi connectivity index (χ3v) is 2.45. The number of hydrogen-bond donors (Lipinski definition) is 1. The highest BCUT2D eigenvalue weighted by molar-refractivity contribution is 5.35. The molecule has 0 heterocycles. The lowest BCUT2D eigenvalue weighted by atomic mass is 9.73. The molecule has 1 rings (SSSR count). The summed E-state index contributed by atoms with van der Waals surface area (Å²) >= 11 is 0. The van der Waals surface area contributed by atoms with Gasteiger partial charge in [-0.3, -0.25) is 0 Å². The Bertz CT molecular complexity index is 211.